The number of rotatable bonds is 5. The molecule has 23 heavy (non-hydrogen) atoms. The molecule has 0 aliphatic heterocycles. The van der Waals surface area contributed by atoms with E-state index in [-0.39, 0.29) is 17.4 Å². The number of hydrogen-bond donors (Lipinski definition) is 2. The third kappa shape index (κ3) is 3.68. The van der Waals surface area contributed by atoms with Crippen molar-refractivity contribution >= 4 is 11.6 Å². The fraction of sp³-hybridized carbons (Fsp3) is 0.0588. The summed E-state index contributed by atoms with van der Waals surface area (Å²) in [5.74, 6) is -0.331. The van der Waals surface area contributed by atoms with Crippen LogP contribution in [0, 0.1) is 0 Å². The van der Waals surface area contributed by atoms with Crippen molar-refractivity contribution in [2.45, 2.75) is 6.61 Å². The Bertz CT molecular complexity index is 799. The number of anilines is 1. The van der Waals surface area contributed by atoms with E-state index in [9.17, 15) is 9.90 Å². The van der Waals surface area contributed by atoms with Crippen molar-refractivity contribution in [2.75, 3.05) is 5.32 Å². The van der Waals surface area contributed by atoms with E-state index in [0.717, 1.165) is 5.56 Å². The molecule has 0 fully saturated rings. The largest absolute Gasteiger partial charge is 0.506 e. The smallest absolute Gasteiger partial charge is 0.294 e. The van der Waals surface area contributed by atoms with Crippen LogP contribution in [0.1, 0.15) is 16.1 Å². The number of hydrogen-bond acceptors (Lipinski definition) is 5. The summed E-state index contributed by atoms with van der Waals surface area (Å²) in [7, 11) is 0. The molecular weight excluding hydrogens is 296 g/mol. The van der Waals surface area contributed by atoms with Crippen molar-refractivity contribution in [2.24, 2.45) is 0 Å². The molecule has 0 radical (unpaired) electrons. The lowest BCUT2D eigenvalue weighted by Gasteiger charge is -2.04. The van der Waals surface area contributed by atoms with Crippen LogP contribution in [0.2, 0.25) is 0 Å². The van der Waals surface area contributed by atoms with Gasteiger partial charge in [0.05, 0.1) is 11.8 Å². The van der Waals surface area contributed by atoms with Crippen molar-refractivity contribution in [3.63, 3.8) is 0 Å². The first-order chi connectivity index (χ1) is 11.2. The molecule has 1 amide bonds. The molecule has 0 spiro atoms. The summed E-state index contributed by atoms with van der Waals surface area (Å²) in [4.78, 5) is 12.0. The Morgan fingerprint density at radius 3 is 2.65 bits per heavy atom. The number of phenols is 1. The zero-order valence-electron chi connectivity index (χ0n) is 12.1. The minimum atomic E-state index is -0.520. The van der Waals surface area contributed by atoms with Gasteiger partial charge < -0.3 is 19.7 Å². The second kappa shape index (κ2) is 6.65. The van der Waals surface area contributed by atoms with Crippen molar-refractivity contribution in [1.29, 1.82) is 0 Å². The molecule has 116 valence electrons. The SMILES string of the molecule is O=C(Nc1ccccc1O)c1cc(OCc2ccccc2)no1. The number of aromatic nitrogens is 1. The molecule has 1 aromatic heterocycles. The van der Waals surface area contributed by atoms with Crippen molar-refractivity contribution in [3.05, 3.63) is 72.0 Å². The highest BCUT2D eigenvalue weighted by Crippen LogP contribution is 2.23. The Morgan fingerprint density at radius 2 is 1.87 bits per heavy atom. The standard InChI is InChI=1S/C17H14N2O4/c20-14-9-5-4-8-13(14)18-17(21)15-10-16(19-23-15)22-11-12-6-2-1-3-7-12/h1-10,20H,11H2,(H,18,21). The summed E-state index contributed by atoms with van der Waals surface area (Å²) in [5, 5.41) is 15.9. The Balaban J connectivity index is 1.62. The van der Waals surface area contributed by atoms with Gasteiger partial charge in [0, 0.05) is 0 Å². The summed E-state index contributed by atoms with van der Waals surface area (Å²) in [6, 6.07) is 17.4. The van der Waals surface area contributed by atoms with Crippen LogP contribution in [0.4, 0.5) is 5.69 Å². The third-order valence-corrected chi connectivity index (χ3v) is 3.09. The Kier molecular flexibility index (Phi) is 4.24. The fourth-order valence-corrected chi connectivity index (χ4v) is 1.93. The first-order valence-corrected chi connectivity index (χ1v) is 6.95. The summed E-state index contributed by atoms with van der Waals surface area (Å²) in [5.41, 5.74) is 1.27. The Morgan fingerprint density at radius 1 is 1.13 bits per heavy atom. The van der Waals surface area contributed by atoms with E-state index >= 15 is 0 Å². The lowest BCUT2D eigenvalue weighted by molar-refractivity contribution is 0.0987. The zero-order valence-corrected chi connectivity index (χ0v) is 12.1. The molecule has 6 nitrogen and oxygen atoms in total. The minimum Gasteiger partial charge on any atom is -0.506 e. The minimum absolute atomic E-state index is 0.00341. The second-order valence-electron chi connectivity index (χ2n) is 4.77. The van der Waals surface area contributed by atoms with E-state index in [2.05, 4.69) is 10.5 Å². The summed E-state index contributed by atoms with van der Waals surface area (Å²) in [6.07, 6.45) is 0. The highest BCUT2D eigenvalue weighted by molar-refractivity contribution is 6.03. The molecule has 1 heterocycles. The van der Waals surface area contributed by atoms with Gasteiger partial charge in [-0.3, -0.25) is 4.79 Å². The van der Waals surface area contributed by atoms with Gasteiger partial charge in [-0.05, 0) is 22.9 Å². The summed E-state index contributed by atoms with van der Waals surface area (Å²) in [6.45, 7) is 0.327. The summed E-state index contributed by atoms with van der Waals surface area (Å²) < 4.78 is 10.4. The van der Waals surface area contributed by atoms with Crippen molar-refractivity contribution in [3.8, 4) is 11.6 Å². The maximum Gasteiger partial charge on any atom is 0.294 e. The number of nitrogens with zero attached hydrogens (tertiary/aromatic N) is 1. The van der Waals surface area contributed by atoms with Crippen molar-refractivity contribution in [1.82, 2.24) is 5.16 Å². The van der Waals surface area contributed by atoms with Gasteiger partial charge in [0.2, 0.25) is 5.76 Å². The van der Waals surface area contributed by atoms with Gasteiger partial charge in [-0.2, -0.15) is 0 Å². The number of ether oxygens (including phenoxy) is 1. The van der Waals surface area contributed by atoms with Crippen LogP contribution < -0.4 is 10.1 Å². The van der Waals surface area contributed by atoms with E-state index < -0.39 is 5.91 Å². The monoisotopic (exact) mass is 310 g/mol. The number of benzene rings is 2. The van der Waals surface area contributed by atoms with Crippen LogP contribution in [0.5, 0.6) is 11.6 Å². The van der Waals surface area contributed by atoms with Crippen LogP contribution in [0.3, 0.4) is 0 Å². The van der Waals surface area contributed by atoms with E-state index in [1.165, 1.54) is 12.1 Å². The number of nitrogens with one attached hydrogen (secondary N) is 1. The van der Waals surface area contributed by atoms with Crippen LogP contribution in [0.25, 0.3) is 0 Å². The van der Waals surface area contributed by atoms with Gasteiger partial charge in [0.1, 0.15) is 12.4 Å². The van der Waals surface area contributed by atoms with Crippen LogP contribution in [0.15, 0.2) is 65.2 Å². The molecular formula is C17H14N2O4. The number of carbonyl (C=O) groups is 1. The van der Waals surface area contributed by atoms with Crippen LogP contribution >= 0.6 is 0 Å². The molecule has 0 aliphatic carbocycles. The zero-order chi connectivity index (χ0) is 16.1. The molecule has 0 bridgehead atoms. The van der Waals surface area contributed by atoms with E-state index in [4.69, 9.17) is 9.26 Å². The molecule has 3 rings (SSSR count). The van der Waals surface area contributed by atoms with E-state index in [0.29, 0.717) is 12.3 Å². The first-order valence-electron chi connectivity index (χ1n) is 6.95. The molecule has 0 aliphatic rings. The molecule has 0 saturated carbocycles. The fourth-order valence-electron chi connectivity index (χ4n) is 1.93. The highest BCUT2D eigenvalue weighted by Gasteiger charge is 2.15. The number of carbonyl (C=O) groups excluding carboxylic acids is 1. The molecule has 2 aromatic carbocycles. The maximum absolute atomic E-state index is 12.0. The first kappa shape index (κ1) is 14.6. The lowest BCUT2D eigenvalue weighted by atomic mass is 10.2. The topological polar surface area (TPSA) is 84.6 Å². The van der Waals surface area contributed by atoms with Gasteiger partial charge >= 0.3 is 0 Å². The van der Waals surface area contributed by atoms with E-state index in [1.807, 2.05) is 30.3 Å². The van der Waals surface area contributed by atoms with Gasteiger partial charge in [-0.15, -0.1) is 0 Å². The van der Waals surface area contributed by atoms with Crippen molar-refractivity contribution < 1.29 is 19.2 Å². The highest BCUT2D eigenvalue weighted by atomic mass is 16.5. The summed E-state index contributed by atoms with van der Waals surface area (Å²) >= 11 is 0. The molecule has 3 aromatic rings. The van der Waals surface area contributed by atoms with Crippen LogP contribution in [-0.4, -0.2) is 16.2 Å². The van der Waals surface area contributed by atoms with Gasteiger partial charge in [-0.1, -0.05) is 42.5 Å². The average Bonchev–Trinajstić information content (AvgIpc) is 3.05. The quantitative estimate of drug-likeness (QED) is 0.707. The molecule has 2 N–H and O–H groups in total. The molecule has 0 unspecified atom stereocenters. The molecule has 6 heteroatoms. The lowest BCUT2D eigenvalue weighted by Crippen LogP contribution is -2.10. The molecule has 0 saturated heterocycles. The second-order valence-corrected chi connectivity index (χ2v) is 4.77. The predicted octanol–water partition coefficient (Wildman–Crippen LogP) is 3.21. The Labute approximate surface area is 132 Å². The molecule has 0 atom stereocenters. The number of aromatic hydroxyl groups is 1. The van der Waals surface area contributed by atoms with Gasteiger partial charge in [0.15, 0.2) is 0 Å². The third-order valence-electron chi connectivity index (χ3n) is 3.09. The predicted molar refractivity (Wildman–Crippen MR) is 83.3 cm³/mol. The van der Waals surface area contributed by atoms with Gasteiger partial charge in [0.25, 0.3) is 11.8 Å². The Hall–Kier alpha value is -3.28. The average molecular weight is 310 g/mol. The normalized spacial score (nSPS) is 10.3. The maximum atomic E-state index is 12.0. The van der Waals surface area contributed by atoms with Gasteiger partial charge in [-0.25, -0.2) is 0 Å². The van der Waals surface area contributed by atoms with Crippen LogP contribution in [-0.2, 0) is 6.61 Å². The van der Waals surface area contributed by atoms with E-state index in [1.54, 1.807) is 18.2 Å². The number of para-hydroxylation sites is 2. The number of phenolic OH excluding ortho intramolecular Hbond substituents is 1. The number of amides is 1.